The molecule has 1 amide bonds. The molecule has 1 saturated carbocycles. The third kappa shape index (κ3) is 4.48. The first kappa shape index (κ1) is 21.6. The van der Waals surface area contributed by atoms with Crippen LogP contribution in [-0.4, -0.2) is 50.0 Å². The van der Waals surface area contributed by atoms with Crippen molar-refractivity contribution in [2.45, 2.75) is 50.7 Å². The Morgan fingerprint density at radius 2 is 2.18 bits per heavy atom. The van der Waals surface area contributed by atoms with Crippen LogP contribution in [0.15, 0.2) is 47.7 Å². The van der Waals surface area contributed by atoms with Crippen LogP contribution in [0.25, 0.3) is 11.1 Å². The Hall–Kier alpha value is -3.26. The van der Waals surface area contributed by atoms with Gasteiger partial charge in [-0.25, -0.2) is 4.98 Å². The summed E-state index contributed by atoms with van der Waals surface area (Å²) in [4.78, 5) is 18.4. The van der Waals surface area contributed by atoms with Crippen molar-refractivity contribution in [2.75, 3.05) is 0 Å². The molecule has 2 aliphatic heterocycles. The average Bonchev–Trinajstić information content (AvgIpc) is 3.35. The number of fused-ring (bicyclic) bond motifs is 1. The number of amides is 1. The first-order valence-electron chi connectivity index (χ1n) is 11.2. The first-order valence-corrected chi connectivity index (χ1v) is 12.0. The average molecular weight is 462 g/mol. The lowest BCUT2D eigenvalue weighted by atomic mass is 9.91. The lowest BCUT2D eigenvalue weighted by Gasteiger charge is -2.28. The summed E-state index contributed by atoms with van der Waals surface area (Å²) >= 11 is 1.39. The van der Waals surface area contributed by atoms with Gasteiger partial charge in [-0.15, -0.1) is 17.1 Å². The number of rotatable bonds is 4. The van der Waals surface area contributed by atoms with E-state index >= 15 is 0 Å². The Kier molecular flexibility index (Phi) is 5.85. The van der Waals surface area contributed by atoms with E-state index in [1.54, 1.807) is 10.9 Å². The summed E-state index contributed by atoms with van der Waals surface area (Å²) < 4.78 is 1.78. The number of hydrogen-bond donors (Lipinski definition) is 2. The molecule has 1 aliphatic carbocycles. The molecular weight excluding hydrogens is 434 g/mol. The predicted molar refractivity (Wildman–Crippen MR) is 130 cm³/mol. The highest BCUT2D eigenvalue weighted by molar-refractivity contribution is 7.13. The summed E-state index contributed by atoms with van der Waals surface area (Å²) in [7, 11) is 1.90. The summed E-state index contributed by atoms with van der Waals surface area (Å²) in [5, 5.41) is 14.3. The topological polar surface area (TPSA) is 101 Å². The molecule has 9 heteroatoms. The highest BCUT2D eigenvalue weighted by Crippen LogP contribution is 2.27. The molecule has 170 valence electrons. The minimum atomic E-state index is -0.156. The van der Waals surface area contributed by atoms with Gasteiger partial charge in [0.1, 0.15) is 0 Å². The monoisotopic (exact) mass is 461 g/mol. The fourth-order valence-electron chi connectivity index (χ4n) is 4.32. The molecule has 2 aromatic heterocycles. The molecule has 8 nitrogen and oxygen atoms in total. The summed E-state index contributed by atoms with van der Waals surface area (Å²) in [5.74, 6) is -0.156. The van der Waals surface area contributed by atoms with Crippen LogP contribution in [-0.2, 0) is 7.05 Å². The molecular formula is C24H27N7OS. The van der Waals surface area contributed by atoms with E-state index in [4.69, 9.17) is 5.73 Å². The van der Waals surface area contributed by atoms with Gasteiger partial charge in [-0.3, -0.25) is 14.5 Å². The maximum absolute atomic E-state index is 12.8. The molecule has 5 rings (SSSR count). The van der Waals surface area contributed by atoms with Gasteiger partial charge in [0.25, 0.3) is 5.91 Å². The Bertz CT molecular complexity index is 1230. The molecule has 33 heavy (non-hydrogen) atoms. The van der Waals surface area contributed by atoms with Crippen LogP contribution in [0.4, 0.5) is 0 Å². The fourth-order valence-corrected chi connectivity index (χ4v) is 5.15. The number of aryl methyl sites for hydroxylation is 2. The van der Waals surface area contributed by atoms with Crippen molar-refractivity contribution >= 4 is 34.6 Å². The fraction of sp³-hybridized carbons (Fsp3) is 0.375. The van der Waals surface area contributed by atoms with Gasteiger partial charge >= 0.3 is 0 Å². The lowest BCUT2D eigenvalue weighted by molar-refractivity contribution is 0.0921. The normalized spacial score (nSPS) is 24.2. The second kappa shape index (κ2) is 8.94. The van der Waals surface area contributed by atoms with E-state index in [1.807, 2.05) is 43.6 Å². The zero-order valence-electron chi connectivity index (χ0n) is 18.7. The number of nitrogens with two attached hydrogens (primary N) is 1. The van der Waals surface area contributed by atoms with Crippen LogP contribution >= 0.6 is 11.3 Å². The second-order valence-corrected chi connectivity index (χ2v) is 9.84. The lowest BCUT2D eigenvalue weighted by Crippen LogP contribution is -2.49. The van der Waals surface area contributed by atoms with E-state index in [-0.39, 0.29) is 24.0 Å². The van der Waals surface area contributed by atoms with Crippen molar-refractivity contribution < 1.29 is 4.79 Å². The van der Waals surface area contributed by atoms with Crippen LogP contribution < -0.4 is 11.1 Å². The van der Waals surface area contributed by atoms with Gasteiger partial charge in [0.15, 0.2) is 5.01 Å². The smallest absolute Gasteiger partial charge is 0.280 e. The maximum Gasteiger partial charge on any atom is 0.280 e. The van der Waals surface area contributed by atoms with Crippen LogP contribution in [0.5, 0.6) is 0 Å². The molecule has 4 heterocycles. The van der Waals surface area contributed by atoms with Gasteiger partial charge in [0, 0.05) is 47.5 Å². The van der Waals surface area contributed by atoms with Crippen molar-refractivity contribution in [3.8, 4) is 0 Å². The number of carbonyl (C=O) groups is 1. The van der Waals surface area contributed by atoms with E-state index in [0.29, 0.717) is 5.01 Å². The molecule has 3 unspecified atom stereocenters. The van der Waals surface area contributed by atoms with E-state index in [1.165, 1.54) is 11.3 Å². The first-order chi connectivity index (χ1) is 16.0. The summed E-state index contributed by atoms with van der Waals surface area (Å²) in [6.45, 7) is 1.97. The van der Waals surface area contributed by atoms with Crippen molar-refractivity contribution in [2.24, 2.45) is 17.9 Å². The third-order valence-electron chi connectivity index (χ3n) is 6.20. The highest BCUT2D eigenvalue weighted by Gasteiger charge is 2.26. The number of carbonyl (C=O) groups excluding carboxylic acids is 1. The Balaban J connectivity index is 1.35. The van der Waals surface area contributed by atoms with Gasteiger partial charge in [0.2, 0.25) is 0 Å². The van der Waals surface area contributed by atoms with Gasteiger partial charge in [-0.1, -0.05) is 25.0 Å². The molecule has 2 aromatic rings. The Labute approximate surface area is 196 Å². The minimum absolute atomic E-state index is 0.0120. The number of thiazole rings is 1. The van der Waals surface area contributed by atoms with Crippen LogP contribution in [0.3, 0.4) is 0 Å². The van der Waals surface area contributed by atoms with Gasteiger partial charge in [0.05, 0.1) is 29.7 Å². The molecule has 0 saturated heterocycles. The zero-order chi connectivity index (χ0) is 22.9. The van der Waals surface area contributed by atoms with Crippen molar-refractivity contribution in [3.63, 3.8) is 0 Å². The molecule has 0 spiro atoms. The van der Waals surface area contributed by atoms with Gasteiger partial charge < -0.3 is 11.1 Å². The number of hydrazone groups is 1. The Morgan fingerprint density at radius 3 is 2.97 bits per heavy atom. The summed E-state index contributed by atoms with van der Waals surface area (Å²) in [6.07, 6.45) is 17.8. The number of nitrogens with zero attached hydrogens (tertiary/aromatic N) is 5. The van der Waals surface area contributed by atoms with Gasteiger partial charge in [-0.2, -0.15) is 10.2 Å². The van der Waals surface area contributed by atoms with Crippen molar-refractivity contribution in [1.29, 1.82) is 0 Å². The summed E-state index contributed by atoms with van der Waals surface area (Å²) in [6, 6.07) is -0.00688. The van der Waals surface area contributed by atoms with E-state index in [2.05, 4.69) is 38.4 Å². The van der Waals surface area contributed by atoms with E-state index in [9.17, 15) is 4.79 Å². The van der Waals surface area contributed by atoms with Gasteiger partial charge in [-0.05, 0) is 25.8 Å². The number of allylic oxidation sites excluding steroid dienone is 2. The highest BCUT2D eigenvalue weighted by atomic mass is 32.1. The SMILES string of the molecule is Cc1sc(C(=O)NC2CCCCC2N)nc1C1=C=CC2C=CC(c3cnn(C)c3)=CN2N=C1. The standard InChI is InChI=1S/C24H27N7OS/c1-15-22(29-24(33-15)23(32)28-21-6-4-3-5-20(21)25)16-7-9-19-10-8-17(14-31(19)27-11-16)18-12-26-30(2)13-18/h8-14,19-21H,3-6,25H2,1-2H3,(H,28,32). The number of hydrogen-bond acceptors (Lipinski definition) is 7. The van der Waals surface area contributed by atoms with Crippen molar-refractivity contribution in [1.82, 2.24) is 25.1 Å². The molecule has 3 aliphatic rings. The van der Waals surface area contributed by atoms with Crippen LogP contribution in [0.1, 0.15) is 51.6 Å². The quantitative estimate of drug-likeness (QED) is 0.682. The van der Waals surface area contributed by atoms with E-state index < -0.39 is 0 Å². The number of aromatic nitrogens is 3. The minimum Gasteiger partial charge on any atom is -0.346 e. The predicted octanol–water partition coefficient (Wildman–Crippen LogP) is 3.00. The maximum atomic E-state index is 12.8. The van der Waals surface area contributed by atoms with Crippen LogP contribution in [0.2, 0.25) is 0 Å². The molecule has 3 atom stereocenters. The largest absolute Gasteiger partial charge is 0.346 e. The molecule has 3 N–H and O–H groups in total. The van der Waals surface area contributed by atoms with E-state index in [0.717, 1.165) is 53.0 Å². The molecule has 0 radical (unpaired) electrons. The molecule has 0 bridgehead atoms. The molecule has 1 fully saturated rings. The third-order valence-corrected chi connectivity index (χ3v) is 7.17. The number of nitrogens with one attached hydrogen (secondary N) is 1. The Morgan fingerprint density at radius 1 is 1.33 bits per heavy atom. The zero-order valence-corrected chi connectivity index (χ0v) is 19.5. The molecule has 0 aromatic carbocycles. The van der Waals surface area contributed by atoms with Crippen LogP contribution in [0, 0.1) is 6.92 Å². The summed E-state index contributed by atoms with van der Waals surface area (Å²) in [5.41, 5.74) is 13.1. The van der Waals surface area contributed by atoms with Crippen molar-refractivity contribution in [3.05, 3.63) is 63.7 Å². The second-order valence-electron chi connectivity index (χ2n) is 8.64.